The van der Waals surface area contributed by atoms with E-state index < -0.39 is 0 Å². The molecule has 4 heterocycles. The lowest BCUT2D eigenvalue weighted by atomic mass is 9.76. The molecule has 3 fully saturated rings. The van der Waals surface area contributed by atoms with Crippen LogP contribution in [0.15, 0.2) is 0 Å². The number of hydrogen-bond acceptors (Lipinski definition) is 6. The first-order valence-electron chi connectivity index (χ1n) is 12.4. The number of piperidine rings is 2. The summed E-state index contributed by atoms with van der Waals surface area (Å²) in [5.41, 5.74) is 7.43. The van der Waals surface area contributed by atoms with Gasteiger partial charge in [0.1, 0.15) is 0 Å². The maximum absolute atomic E-state index is 13.4. The lowest BCUT2D eigenvalue weighted by molar-refractivity contribution is -0.139. The van der Waals surface area contributed by atoms with Gasteiger partial charge in [0, 0.05) is 44.7 Å². The number of anilines is 1. The molecule has 1 aromatic rings. The maximum atomic E-state index is 13.4. The molecular formula is C25H35N4O3S. The Morgan fingerprint density at radius 1 is 1.18 bits per heavy atom. The number of ketones is 1. The van der Waals surface area contributed by atoms with Crippen molar-refractivity contribution in [3.8, 4) is 0 Å². The van der Waals surface area contributed by atoms with Gasteiger partial charge in [-0.2, -0.15) is 0 Å². The number of nitrogen functional groups attached to an aromatic ring is 1. The Labute approximate surface area is 200 Å². The van der Waals surface area contributed by atoms with E-state index in [1.54, 1.807) is 0 Å². The van der Waals surface area contributed by atoms with Gasteiger partial charge in [0.15, 0.2) is 5.78 Å². The summed E-state index contributed by atoms with van der Waals surface area (Å²) in [4.78, 5) is 45.9. The molecule has 0 saturated carbocycles. The first kappa shape index (κ1) is 22.8. The van der Waals surface area contributed by atoms with Crippen molar-refractivity contribution >= 4 is 33.9 Å². The van der Waals surface area contributed by atoms with Crippen LogP contribution >= 0.6 is 11.3 Å². The van der Waals surface area contributed by atoms with E-state index in [9.17, 15) is 14.4 Å². The van der Waals surface area contributed by atoms with Crippen LogP contribution in [0.2, 0.25) is 0 Å². The minimum Gasteiger partial charge on any atom is -0.390 e. The Balaban J connectivity index is 1.24. The molecule has 2 atom stereocenters. The van der Waals surface area contributed by atoms with Gasteiger partial charge in [-0.15, -0.1) is 11.3 Å². The smallest absolute Gasteiger partial charge is 0.257 e. The largest absolute Gasteiger partial charge is 0.390 e. The Bertz CT molecular complexity index is 967. The second-order valence-corrected chi connectivity index (χ2v) is 11.4. The van der Waals surface area contributed by atoms with Crippen molar-refractivity contribution in [1.29, 1.82) is 0 Å². The highest BCUT2D eigenvalue weighted by Crippen LogP contribution is 2.44. The third kappa shape index (κ3) is 3.79. The number of amides is 2. The summed E-state index contributed by atoms with van der Waals surface area (Å²) in [6.45, 7) is 9.90. The van der Waals surface area contributed by atoms with E-state index in [0.29, 0.717) is 47.5 Å². The van der Waals surface area contributed by atoms with Crippen LogP contribution in [0, 0.1) is 12.3 Å². The minimum atomic E-state index is -0.251. The van der Waals surface area contributed by atoms with Gasteiger partial charge in [0.05, 0.1) is 20.9 Å². The summed E-state index contributed by atoms with van der Waals surface area (Å²) in [6.07, 6.45) is 6.89. The fourth-order valence-electron chi connectivity index (χ4n) is 6.72. The molecule has 1 aromatic heterocycles. The molecule has 1 aliphatic carbocycles. The normalized spacial score (nSPS) is 29.2. The molecule has 8 heteroatoms. The van der Waals surface area contributed by atoms with E-state index >= 15 is 0 Å². The molecule has 1 radical (unpaired) electrons. The van der Waals surface area contributed by atoms with Crippen LogP contribution in [0.5, 0.6) is 0 Å². The van der Waals surface area contributed by atoms with Gasteiger partial charge in [-0.05, 0) is 70.9 Å². The molecular weight excluding hydrogens is 436 g/mol. The van der Waals surface area contributed by atoms with Crippen molar-refractivity contribution in [2.75, 3.05) is 38.5 Å². The molecule has 0 bridgehead atoms. The summed E-state index contributed by atoms with van der Waals surface area (Å²) in [5.74, 6) is 0.395. The Morgan fingerprint density at radius 2 is 1.94 bits per heavy atom. The van der Waals surface area contributed by atoms with Crippen molar-refractivity contribution in [2.45, 2.75) is 70.4 Å². The number of nitrogens with zero attached hydrogens (tertiary/aromatic N) is 3. The van der Waals surface area contributed by atoms with Crippen molar-refractivity contribution < 1.29 is 14.4 Å². The predicted molar refractivity (Wildman–Crippen MR) is 129 cm³/mol. The number of thiophene rings is 1. The van der Waals surface area contributed by atoms with Crippen LogP contribution in [0.25, 0.3) is 0 Å². The van der Waals surface area contributed by atoms with E-state index in [1.165, 1.54) is 11.3 Å². The van der Waals surface area contributed by atoms with E-state index in [4.69, 9.17) is 5.73 Å². The van der Waals surface area contributed by atoms with Gasteiger partial charge >= 0.3 is 0 Å². The Kier molecular flexibility index (Phi) is 6.02. The zero-order valence-corrected chi connectivity index (χ0v) is 20.4. The minimum absolute atomic E-state index is 0.0147. The molecule has 2 unspecified atom stereocenters. The van der Waals surface area contributed by atoms with Crippen LogP contribution in [0.1, 0.15) is 77.5 Å². The maximum Gasteiger partial charge on any atom is 0.257 e. The van der Waals surface area contributed by atoms with Crippen LogP contribution in [-0.4, -0.2) is 77.1 Å². The van der Waals surface area contributed by atoms with Crippen LogP contribution in [0.3, 0.4) is 0 Å². The Hall–Kier alpha value is -1.93. The second kappa shape index (κ2) is 8.69. The highest BCUT2D eigenvalue weighted by Gasteiger charge is 2.52. The highest BCUT2D eigenvalue weighted by atomic mass is 32.1. The van der Waals surface area contributed by atoms with Gasteiger partial charge in [-0.25, -0.2) is 0 Å². The lowest BCUT2D eigenvalue weighted by Gasteiger charge is -2.45. The third-order valence-corrected chi connectivity index (χ3v) is 9.48. The molecule has 33 heavy (non-hydrogen) atoms. The molecule has 2 amide bonds. The van der Waals surface area contributed by atoms with Gasteiger partial charge < -0.3 is 15.5 Å². The van der Waals surface area contributed by atoms with E-state index in [0.717, 1.165) is 63.6 Å². The average molecular weight is 472 g/mol. The monoisotopic (exact) mass is 471 g/mol. The lowest BCUT2D eigenvalue weighted by Crippen LogP contribution is -2.54. The second-order valence-electron chi connectivity index (χ2n) is 10.4. The van der Waals surface area contributed by atoms with Gasteiger partial charge in [-0.1, -0.05) is 0 Å². The van der Waals surface area contributed by atoms with Crippen molar-refractivity contribution in [3.63, 3.8) is 0 Å². The molecule has 3 aliphatic heterocycles. The van der Waals surface area contributed by atoms with Gasteiger partial charge in [0.2, 0.25) is 5.91 Å². The van der Waals surface area contributed by atoms with Gasteiger partial charge in [0.25, 0.3) is 5.91 Å². The number of carbonyl (C=O) groups excluding carboxylic acids is 3. The first-order valence-corrected chi connectivity index (χ1v) is 13.2. The van der Waals surface area contributed by atoms with Crippen LogP contribution < -0.4 is 5.73 Å². The summed E-state index contributed by atoms with van der Waals surface area (Å²) < 4.78 is 0. The standard InChI is InChI=1S/C25H35N4O3S/c1-3-29-16(2)14-25(24(29)32)10-5-11-28(15-25)17-8-12-27(13-9-17)23(31)20-18-6-4-7-19(30)21(18)33-22(20)26/h16-17H,1,3-15,26H2,2H3. The average Bonchev–Trinajstić information content (AvgIpc) is 3.27. The summed E-state index contributed by atoms with van der Waals surface area (Å²) in [6, 6.07) is 0.668. The van der Waals surface area contributed by atoms with Gasteiger partial charge in [-0.3, -0.25) is 19.3 Å². The Morgan fingerprint density at radius 3 is 2.64 bits per heavy atom. The number of fused-ring (bicyclic) bond motifs is 1. The van der Waals surface area contributed by atoms with E-state index in [-0.39, 0.29) is 29.1 Å². The van der Waals surface area contributed by atoms with E-state index in [2.05, 4.69) is 18.7 Å². The van der Waals surface area contributed by atoms with Crippen molar-refractivity contribution in [1.82, 2.24) is 14.7 Å². The highest BCUT2D eigenvalue weighted by molar-refractivity contribution is 7.18. The van der Waals surface area contributed by atoms with Crippen molar-refractivity contribution in [2.24, 2.45) is 5.41 Å². The fraction of sp³-hybridized carbons (Fsp3) is 0.680. The molecule has 2 N–H and O–H groups in total. The molecule has 7 nitrogen and oxygen atoms in total. The number of Topliss-reactive ketones (excluding diaryl/α,β-unsaturated/α-hetero) is 1. The molecule has 0 aromatic carbocycles. The number of carbonyl (C=O) groups is 3. The molecule has 3 saturated heterocycles. The number of likely N-dealkylation sites (tertiary alicyclic amines) is 3. The van der Waals surface area contributed by atoms with Crippen LogP contribution in [0.4, 0.5) is 5.00 Å². The predicted octanol–water partition coefficient (Wildman–Crippen LogP) is 2.99. The SMILES string of the molecule is [CH2]CN1C(=O)C2(CCCN(C3CCN(C(=O)c4c(N)sc5c4CCCC5=O)CC3)C2)CC1C. The number of rotatable bonds is 3. The molecule has 179 valence electrons. The zero-order valence-electron chi connectivity index (χ0n) is 19.6. The molecule has 4 aliphatic rings. The zero-order chi connectivity index (χ0) is 23.3. The first-order chi connectivity index (χ1) is 15.8. The van der Waals surface area contributed by atoms with Crippen molar-refractivity contribution in [3.05, 3.63) is 22.9 Å². The summed E-state index contributed by atoms with van der Waals surface area (Å²) >= 11 is 1.29. The van der Waals surface area contributed by atoms with Crippen LogP contribution in [-0.2, 0) is 11.2 Å². The third-order valence-electron chi connectivity index (χ3n) is 8.38. The molecule has 5 rings (SSSR count). The topological polar surface area (TPSA) is 87.0 Å². The number of nitrogens with two attached hydrogens (primary N) is 1. The number of hydrogen-bond donors (Lipinski definition) is 1. The molecule has 1 spiro atoms. The summed E-state index contributed by atoms with van der Waals surface area (Å²) in [5, 5.41) is 0.490. The quantitative estimate of drug-likeness (QED) is 0.732. The van der Waals surface area contributed by atoms with E-state index in [1.807, 2.05) is 9.80 Å². The fourth-order valence-corrected chi connectivity index (χ4v) is 7.80. The summed E-state index contributed by atoms with van der Waals surface area (Å²) in [7, 11) is 0.